The van der Waals surface area contributed by atoms with E-state index in [0.717, 1.165) is 29.5 Å². The lowest BCUT2D eigenvalue weighted by molar-refractivity contribution is 0.467. The maximum absolute atomic E-state index is 9.90. The van der Waals surface area contributed by atoms with Crippen molar-refractivity contribution in [1.29, 1.82) is 0 Å². The van der Waals surface area contributed by atoms with E-state index in [4.69, 9.17) is 0 Å². The molecule has 0 atom stereocenters. The Kier molecular flexibility index (Phi) is 3.00. The molecule has 0 amide bonds. The fourth-order valence-corrected chi connectivity index (χ4v) is 2.87. The second-order valence-corrected chi connectivity index (χ2v) is 5.49. The first-order chi connectivity index (χ1) is 8.74. The van der Waals surface area contributed by atoms with E-state index in [1.54, 1.807) is 6.07 Å². The summed E-state index contributed by atoms with van der Waals surface area (Å²) < 4.78 is 1.00. The van der Waals surface area contributed by atoms with E-state index in [2.05, 4.69) is 45.1 Å². The third-order valence-electron chi connectivity index (χ3n) is 3.39. The minimum atomic E-state index is 0.364. The molecule has 0 spiro atoms. The van der Waals surface area contributed by atoms with Gasteiger partial charge in [-0.3, -0.25) is 0 Å². The molecular formula is C15H14BrNO. The Balaban J connectivity index is 1.88. The van der Waals surface area contributed by atoms with E-state index in [9.17, 15) is 5.11 Å². The molecule has 2 aromatic carbocycles. The van der Waals surface area contributed by atoms with Crippen LogP contribution in [0.4, 0.5) is 5.69 Å². The van der Waals surface area contributed by atoms with Crippen molar-refractivity contribution in [2.45, 2.75) is 13.0 Å². The Morgan fingerprint density at radius 1 is 1.17 bits per heavy atom. The molecule has 0 radical (unpaired) electrons. The lowest BCUT2D eigenvalue weighted by Crippen LogP contribution is -2.19. The number of anilines is 1. The molecule has 1 aliphatic rings. The van der Waals surface area contributed by atoms with E-state index in [-0.39, 0.29) is 0 Å². The number of halogens is 1. The summed E-state index contributed by atoms with van der Waals surface area (Å²) in [6.45, 7) is 1.77. The third-order valence-corrected chi connectivity index (χ3v) is 3.88. The highest BCUT2D eigenvalue weighted by Crippen LogP contribution is 2.31. The van der Waals surface area contributed by atoms with Gasteiger partial charge in [0.05, 0.1) is 0 Å². The first kappa shape index (κ1) is 11.6. The highest BCUT2D eigenvalue weighted by atomic mass is 79.9. The van der Waals surface area contributed by atoms with Crippen LogP contribution in [0.3, 0.4) is 0 Å². The first-order valence-corrected chi connectivity index (χ1v) is 6.83. The Morgan fingerprint density at radius 2 is 2.00 bits per heavy atom. The van der Waals surface area contributed by atoms with Gasteiger partial charge in [0.25, 0.3) is 0 Å². The summed E-state index contributed by atoms with van der Waals surface area (Å²) in [6, 6.07) is 14.1. The van der Waals surface area contributed by atoms with E-state index in [0.29, 0.717) is 5.75 Å². The van der Waals surface area contributed by atoms with Crippen LogP contribution in [0.25, 0.3) is 0 Å². The van der Waals surface area contributed by atoms with Gasteiger partial charge in [-0.1, -0.05) is 34.1 Å². The minimum absolute atomic E-state index is 0.364. The van der Waals surface area contributed by atoms with Crippen molar-refractivity contribution < 1.29 is 5.11 Å². The molecule has 0 aliphatic carbocycles. The second kappa shape index (κ2) is 4.65. The zero-order valence-electron chi connectivity index (χ0n) is 9.94. The quantitative estimate of drug-likeness (QED) is 0.914. The van der Waals surface area contributed by atoms with E-state index >= 15 is 0 Å². The Morgan fingerprint density at radius 3 is 2.89 bits per heavy atom. The number of aromatic hydroxyl groups is 1. The molecule has 2 nitrogen and oxygen atoms in total. The molecule has 18 heavy (non-hydrogen) atoms. The summed E-state index contributed by atoms with van der Waals surface area (Å²) in [5, 5.41) is 9.90. The molecular weight excluding hydrogens is 290 g/mol. The van der Waals surface area contributed by atoms with Crippen LogP contribution in [-0.2, 0) is 13.0 Å². The summed E-state index contributed by atoms with van der Waals surface area (Å²) in [7, 11) is 0. The second-order valence-electron chi connectivity index (χ2n) is 4.57. The van der Waals surface area contributed by atoms with Crippen molar-refractivity contribution >= 4 is 21.6 Å². The van der Waals surface area contributed by atoms with Crippen LogP contribution in [0.1, 0.15) is 11.1 Å². The number of para-hydroxylation sites is 1. The van der Waals surface area contributed by atoms with Gasteiger partial charge in [0.2, 0.25) is 0 Å². The molecule has 0 saturated heterocycles. The van der Waals surface area contributed by atoms with Crippen LogP contribution in [0.5, 0.6) is 5.75 Å². The van der Waals surface area contributed by atoms with Crippen LogP contribution < -0.4 is 4.90 Å². The number of phenolic OH excluding ortho intramolecular Hbond substituents is 1. The molecule has 0 unspecified atom stereocenters. The molecule has 92 valence electrons. The van der Waals surface area contributed by atoms with Gasteiger partial charge in [-0.25, -0.2) is 0 Å². The van der Waals surface area contributed by atoms with Crippen molar-refractivity contribution in [3.05, 3.63) is 58.1 Å². The molecule has 3 rings (SSSR count). The highest BCUT2D eigenvalue weighted by Gasteiger charge is 2.19. The lowest BCUT2D eigenvalue weighted by Gasteiger charge is -2.20. The van der Waals surface area contributed by atoms with Gasteiger partial charge >= 0.3 is 0 Å². The molecule has 0 fully saturated rings. The predicted octanol–water partition coefficient (Wildman–Crippen LogP) is 3.72. The minimum Gasteiger partial charge on any atom is -0.508 e. The van der Waals surface area contributed by atoms with Gasteiger partial charge in [0, 0.05) is 28.8 Å². The van der Waals surface area contributed by atoms with Crippen molar-refractivity contribution in [3.63, 3.8) is 0 Å². The number of phenols is 1. The van der Waals surface area contributed by atoms with Crippen molar-refractivity contribution in [1.82, 2.24) is 0 Å². The van der Waals surface area contributed by atoms with Crippen LogP contribution in [0.2, 0.25) is 0 Å². The van der Waals surface area contributed by atoms with Gasteiger partial charge in [-0.15, -0.1) is 0 Å². The number of hydrogen-bond acceptors (Lipinski definition) is 2. The zero-order chi connectivity index (χ0) is 12.5. The fourth-order valence-electron chi connectivity index (χ4n) is 2.46. The summed E-state index contributed by atoms with van der Waals surface area (Å²) in [5.74, 6) is 0.364. The Labute approximate surface area is 115 Å². The molecule has 1 heterocycles. The van der Waals surface area contributed by atoms with Crippen LogP contribution in [0, 0.1) is 0 Å². The fraction of sp³-hybridized carbons (Fsp3) is 0.200. The summed E-state index contributed by atoms with van der Waals surface area (Å²) >= 11 is 3.45. The smallest absolute Gasteiger partial charge is 0.120 e. The van der Waals surface area contributed by atoms with Crippen molar-refractivity contribution in [2.24, 2.45) is 0 Å². The Hall–Kier alpha value is -1.48. The summed E-state index contributed by atoms with van der Waals surface area (Å²) in [5.41, 5.74) is 3.64. The number of nitrogens with zero attached hydrogens (tertiary/aromatic N) is 1. The van der Waals surface area contributed by atoms with Gasteiger partial charge in [-0.05, 0) is 36.2 Å². The number of benzene rings is 2. The first-order valence-electron chi connectivity index (χ1n) is 6.04. The van der Waals surface area contributed by atoms with Crippen molar-refractivity contribution in [2.75, 3.05) is 11.4 Å². The van der Waals surface area contributed by atoms with Gasteiger partial charge in [0.15, 0.2) is 0 Å². The average Bonchev–Trinajstić information content (AvgIpc) is 2.78. The summed E-state index contributed by atoms with van der Waals surface area (Å²) in [6.07, 6.45) is 1.09. The highest BCUT2D eigenvalue weighted by molar-refractivity contribution is 9.10. The SMILES string of the molecule is Oc1ccc(Br)cc1CN1CCc2ccccc21. The average molecular weight is 304 g/mol. The van der Waals surface area contributed by atoms with Crippen LogP contribution in [-0.4, -0.2) is 11.7 Å². The van der Waals surface area contributed by atoms with E-state index in [1.807, 2.05) is 12.1 Å². The lowest BCUT2D eigenvalue weighted by atomic mass is 10.1. The van der Waals surface area contributed by atoms with Crippen molar-refractivity contribution in [3.8, 4) is 5.75 Å². The Bertz CT molecular complexity index is 582. The molecule has 3 heteroatoms. The van der Waals surface area contributed by atoms with Gasteiger partial charge in [0.1, 0.15) is 5.75 Å². The topological polar surface area (TPSA) is 23.5 Å². The zero-order valence-corrected chi connectivity index (χ0v) is 11.5. The monoisotopic (exact) mass is 303 g/mol. The number of hydrogen-bond donors (Lipinski definition) is 1. The number of rotatable bonds is 2. The molecule has 1 aliphatic heterocycles. The van der Waals surface area contributed by atoms with E-state index < -0.39 is 0 Å². The predicted molar refractivity (Wildman–Crippen MR) is 77.0 cm³/mol. The maximum atomic E-state index is 9.90. The maximum Gasteiger partial charge on any atom is 0.120 e. The van der Waals surface area contributed by atoms with Gasteiger partial charge in [-0.2, -0.15) is 0 Å². The largest absolute Gasteiger partial charge is 0.508 e. The van der Waals surface area contributed by atoms with Crippen LogP contribution >= 0.6 is 15.9 Å². The molecule has 0 saturated carbocycles. The number of fused-ring (bicyclic) bond motifs is 1. The summed E-state index contributed by atoms with van der Waals surface area (Å²) in [4.78, 5) is 2.32. The van der Waals surface area contributed by atoms with E-state index in [1.165, 1.54) is 11.3 Å². The van der Waals surface area contributed by atoms with Gasteiger partial charge < -0.3 is 10.0 Å². The van der Waals surface area contributed by atoms with Crippen LogP contribution in [0.15, 0.2) is 46.9 Å². The third kappa shape index (κ3) is 2.10. The molecule has 2 aromatic rings. The molecule has 1 N–H and O–H groups in total. The molecule has 0 aromatic heterocycles. The molecule has 0 bridgehead atoms. The normalized spacial score (nSPS) is 13.7. The standard InChI is InChI=1S/C15H14BrNO/c16-13-5-6-15(18)12(9-13)10-17-8-7-11-3-1-2-4-14(11)17/h1-6,9,18H,7-8,10H2.